The molecule has 0 saturated carbocycles. The highest BCUT2D eigenvalue weighted by Gasteiger charge is 2.35. The number of imide groups is 1. The van der Waals surface area contributed by atoms with Crippen molar-refractivity contribution in [2.75, 3.05) is 18.5 Å². The number of nitro groups is 1. The SMILES string of the molecule is CCOC(=O)c1ccc(NC(=O)CN2C(=O)N/C(=C\c3cccc([N+](=O)[O-])c3)C2=O)cc1. The lowest BCUT2D eigenvalue weighted by Gasteiger charge is -2.12. The highest BCUT2D eigenvalue weighted by atomic mass is 16.6. The number of urea groups is 1. The molecule has 1 heterocycles. The zero-order chi connectivity index (χ0) is 23.3. The van der Waals surface area contributed by atoms with Crippen molar-refractivity contribution < 1.29 is 28.8 Å². The third-order valence-corrected chi connectivity index (χ3v) is 4.34. The van der Waals surface area contributed by atoms with E-state index in [1.54, 1.807) is 6.92 Å². The second kappa shape index (κ2) is 9.51. The van der Waals surface area contributed by atoms with Gasteiger partial charge in [0.15, 0.2) is 0 Å². The van der Waals surface area contributed by atoms with E-state index in [0.717, 1.165) is 0 Å². The van der Waals surface area contributed by atoms with Gasteiger partial charge in [0, 0.05) is 17.8 Å². The Balaban J connectivity index is 1.65. The van der Waals surface area contributed by atoms with Gasteiger partial charge in [0.25, 0.3) is 11.6 Å². The van der Waals surface area contributed by atoms with Gasteiger partial charge in [0.1, 0.15) is 12.2 Å². The van der Waals surface area contributed by atoms with Gasteiger partial charge in [0.2, 0.25) is 5.91 Å². The number of esters is 1. The number of amides is 4. The van der Waals surface area contributed by atoms with E-state index in [-0.39, 0.29) is 18.0 Å². The predicted molar refractivity (Wildman–Crippen MR) is 112 cm³/mol. The second-order valence-corrected chi connectivity index (χ2v) is 6.58. The summed E-state index contributed by atoms with van der Waals surface area (Å²) in [5, 5.41) is 15.8. The van der Waals surface area contributed by atoms with Crippen LogP contribution in [-0.4, -0.2) is 46.8 Å². The number of nitro benzene ring substituents is 1. The van der Waals surface area contributed by atoms with Crippen molar-refractivity contribution in [3.8, 4) is 0 Å². The molecule has 0 atom stereocenters. The van der Waals surface area contributed by atoms with Crippen LogP contribution < -0.4 is 10.6 Å². The van der Waals surface area contributed by atoms with Crippen molar-refractivity contribution in [1.29, 1.82) is 0 Å². The molecule has 2 aromatic rings. The smallest absolute Gasteiger partial charge is 0.338 e. The van der Waals surface area contributed by atoms with Crippen molar-refractivity contribution in [1.82, 2.24) is 10.2 Å². The molecular formula is C21H18N4O7. The fourth-order valence-corrected chi connectivity index (χ4v) is 2.86. The third kappa shape index (κ3) is 5.14. The Morgan fingerprint density at radius 2 is 1.91 bits per heavy atom. The van der Waals surface area contributed by atoms with Crippen molar-refractivity contribution in [2.24, 2.45) is 0 Å². The lowest BCUT2D eigenvalue weighted by atomic mass is 10.1. The number of hydrogen-bond acceptors (Lipinski definition) is 7. The number of anilines is 1. The topological polar surface area (TPSA) is 148 Å². The van der Waals surface area contributed by atoms with Gasteiger partial charge < -0.3 is 15.4 Å². The first-order chi connectivity index (χ1) is 15.3. The average molecular weight is 438 g/mol. The van der Waals surface area contributed by atoms with Gasteiger partial charge in [-0.25, -0.2) is 14.5 Å². The Morgan fingerprint density at radius 3 is 2.56 bits per heavy atom. The second-order valence-electron chi connectivity index (χ2n) is 6.58. The van der Waals surface area contributed by atoms with Crippen molar-refractivity contribution in [3.63, 3.8) is 0 Å². The van der Waals surface area contributed by atoms with E-state index in [9.17, 15) is 29.3 Å². The molecule has 32 heavy (non-hydrogen) atoms. The minimum atomic E-state index is -0.792. The van der Waals surface area contributed by atoms with Crippen LogP contribution in [0.5, 0.6) is 0 Å². The van der Waals surface area contributed by atoms with Crippen LogP contribution >= 0.6 is 0 Å². The summed E-state index contributed by atoms with van der Waals surface area (Å²) in [6.07, 6.45) is 1.29. The molecule has 1 aliphatic rings. The minimum Gasteiger partial charge on any atom is -0.462 e. The number of hydrogen-bond donors (Lipinski definition) is 2. The number of non-ortho nitro benzene ring substituents is 1. The fourth-order valence-electron chi connectivity index (χ4n) is 2.86. The van der Waals surface area contributed by atoms with Gasteiger partial charge in [-0.3, -0.25) is 19.7 Å². The molecule has 0 radical (unpaired) electrons. The zero-order valence-corrected chi connectivity index (χ0v) is 16.9. The number of carbonyl (C=O) groups excluding carboxylic acids is 4. The number of rotatable bonds is 7. The summed E-state index contributed by atoms with van der Waals surface area (Å²) in [4.78, 5) is 59.6. The predicted octanol–water partition coefficient (Wildman–Crippen LogP) is 2.30. The first-order valence-corrected chi connectivity index (χ1v) is 9.44. The molecule has 164 valence electrons. The molecular weight excluding hydrogens is 420 g/mol. The van der Waals surface area contributed by atoms with Gasteiger partial charge in [-0.05, 0) is 42.8 Å². The lowest BCUT2D eigenvalue weighted by Crippen LogP contribution is -2.38. The lowest BCUT2D eigenvalue weighted by molar-refractivity contribution is -0.384. The molecule has 11 heteroatoms. The van der Waals surface area contributed by atoms with Crippen LogP contribution in [0.1, 0.15) is 22.8 Å². The van der Waals surface area contributed by atoms with E-state index in [1.165, 1.54) is 54.6 Å². The van der Waals surface area contributed by atoms with Gasteiger partial charge >= 0.3 is 12.0 Å². The maximum absolute atomic E-state index is 12.5. The summed E-state index contributed by atoms with van der Waals surface area (Å²) in [7, 11) is 0. The molecule has 0 aromatic heterocycles. The number of carbonyl (C=O) groups is 4. The maximum Gasteiger partial charge on any atom is 0.338 e. The van der Waals surface area contributed by atoms with E-state index in [1.807, 2.05) is 0 Å². The number of benzene rings is 2. The number of ether oxygens (including phenoxy) is 1. The zero-order valence-electron chi connectivity index (χ0n) is 16.9. The average Bonchev–Trinajstić information content (AvgIpc) is 3.02. The summed E-state index contributed by atoms with van der Waals surface area (Å²) in [6.45, 7) is 1.38. The van der Waals surface area contributed by atoms with E-state index in [2.05, 4.69) is 10.6 Å². The summed E-state index contributed by atoms with van der Waals surface area (Å²) >= 11 is 0. The first kappa shape index (κ1) is 22.2. The van der Waals surface area contributed by atoms with Crippen molar-refractivity contribution in [3.05, 3.63) is 75.5 Å². The Hall–Kier alpha value is -4.54. The fraction of sp³-hybridized carbons (Fsp3) is 0.143. The standard InChI is InChI=1S/C21H18N4O7/c1-2-32-20(28)14-6-8-15(9-7-14)22-18(26)12-24-19(27)17(23-21(24)29)11-13-4-3-5-16(10-13)25(30)31/h3-11H,2,12H2,1H3,(H,22,26)(H,23,29)/b17-11-. The van der Waals surface area contributed by atoms with Crippen molar-refractivity contribution in [2.45, 2.75) is 6.92 Å². The molecule has 4 amide bonds. The Bertz CT molecular complexity index is 1130. The summed E-state index contributed by atoms with van der Waals surface area (Å²) < 4.78 is 4.88. The molecule has 0 bridgehead atoms. The molecule has 1 saturated heterocycles. The Labute approximate surface area is 181 Å². The molecule has 11 nitrogen and oxygen atoms in total. The van der Waals surface area contributed by atoms with Crippen LogP contribution in [-0.2, 0) is 14.3 Å². The van der Waals surface area contributed by atoms with E-state index in [4.69, 9.17) is 4.74 Å². The van der Waals surface area contributed by atoms with Crippen LogP contribution in [0.25, 0.3) is 6.08 Å². The largest absolute Gasteiger partial charge is 0.462 e. The van der Waals surface area contributed by atoms with Crippen LogP contribution in [0.15, 0.2) is 54.2 Å². The van der Waals surface area contributed by atoms with Gasteiger partial charge in [0.05, 0.1) is 17.1 Å². The number of nitrogens with one attached hydrogen (secondary N) is 2. The van der Waals surface area contributed by atoms with E-state index >= 15 is 0 Å². The maximum atomic E-state index is 12.5. The summed E-state index contributed by atoms with van der Waals surface area (Å²) in [5.41, 5.74) is 0.747. The van der Waals surface area contributed by atoms with E-state index in [0.29, 0.717) is 21.7 Å². The molecule has 3 rings (SSSR count). The molecule has 2 aromatic carbocycles. The minimum absolute atomic E-state index is 0.109. The first-order valence-electron chi connectivity index (χ1n) is 9.44. The van der Waals surface area contributed by atoms with Gasteiger partial charge in [-0.2, -0.15) is 0 Å². The van der Waals surface area contributed by atoms with Crippen LogP contribution in [0, 0.1) is 10.1 Å². The molecule has 0 unspecified atom stereocenters. The number of nitrogens with zero attached hydrogens (tertiary/aromatic N) is 2. The van der Waals surface area contributed by atoms with E-state index < -0.39 is 35.3 Å². The summed E-state index contributed by atoms with van der Waals surface area (Å²) in [6, 6.07) is 10.7. The molecule has 0 aliphatic carbocycles. The molecule has 0 spiro atoms. The molecule has 1 aliphatic heterocycles. The summed E-state index contributed by atoms with van der Waals surface area (Å²) in [5.74, 6) is -1.86. The van der Waals surface area contributed by atoms with Crippen LogP contribution in [0.2, 0.25) is 0 Å². The van der Waals surface area contributed by atoms with Crippen LogP contribution in [0.3, 0.4) is 0 Å². The van der Waals surface area contributed by atoms with Gasteiger partial charge in [-0.15, -0.1) is 0 Å². The normalized spacial score (nSPS) is 14.3. The Morgan fingerprint density at radius 1 is 1.19 bits per heavy atom. The third-order valence-electron chi connectivity index (χ3n) is 4.34. The molecule has 2 N–H and O–H groups in total. The van der Waals surface area contributed by atoms with Crippen LogP contribution in [0.4, 0.5) is 16.2 Å². The highest BCUT2D eigenvalue weighted by molar-refractivity contribution is 6.16. The highest BCUT2D eigenvalue weighted by Crippen LogP contribution is 2.18. The van der Waals surface area contributed by atoms with Gasteiger partial charge in [-0.1, -0.05) is 12.1 Å². The monoisotopic (exact) mass is 438 g/mol. The van der Waals surface area contributed by atoms with Crippen molar-refractivity contribution >= 4 is 41.3 Å². The quantitative estimate of drug-likeness (QED) is 0.222. The Kier molecular flexibility index (Phi) is 6.59. The molecule has 1 fully saturated rings.